The minimum Gasteiger partial charge on any atom is -0.452 e. The number of esters is 1. The molecule has 3 aromatic carbocycles. The Bertz CT molecular complexity index is 1380. The summed E-state index contributed by atoms with van der Waals surface area (Å²) in [6.07, 6.45) is 0. The van der Waals surface area contributed by atoms with Crippen LogP contribution < -0.4 is 5.32 Å². The molecule has 0 atom stereocenters. The number of fused-ring (bicyclic) bond motifs is 1. The van der Waals surface area contributed by atoms with E-state index in [2.05, 4.69) is 10.3 Å². The second-order valence-electron chi connectivity index (χ2n) is 6.87. The first-order valence-corrected chi connectivity index (χ1v) is 10.0. The lowest BCUT2D eigenvalue weighted by Crippen LogP contribution is -2.21. The summed E-state index contributed by atoms with van der Waals surface area (Å²) < 4.78 is 5.27. The summed E-state index contributed by atoms with van der Waals surface area (Å²) >= 11 is 6.31. The van der Waals surface area contributed by atoms with E-state index in [-0.39, 0.29) is 5.56 Å². The summed E-state index contributed by atoms with van der Waals surface area (Å²) in [6, 6.07) is 24.5. The lowest BCUT2D eigenvalue weighted by molar-refractivity contribution is -0.119. The number of ether oxygens (including phenoxy) is 1. The fraction of sp³-hybridized carbons (Fsp3) is 0.0400. The molecule has 0 aliphatic rings. The zero-order chi connectivity index (χ0) is 22.5. The van der Waals surface area contributed by atoms with Crippen molar-refractivity contribution in [3.63, 3.8) is 0 Å². The average Bonchev–Trinajstić information content (AvgIpc) is 2.82. The number of para-hydroxylation sites is 1. The third-order valence-corrected chi connectivity index (χ3v) is 5.03. The van der Waals surface area contributed by atoms with Crippen LogP contribution in [-0.4, -0.2) is 23.5 Å². The molecular weight excluding hydrogens is 426 g/mol. The van der Waals surface area contributed by atoms with Crippen molar-refractivity contribution in [1.82, 2.24) is 4.98 Å². The quantitative estimate of drug-likeness (QED) is 0.428. The van der Waals surface area contributed by atoms with Crippen LogP contribution in [0.3, 0.4) is 0 Å². The Balaban J connectivity index is 1.57. The molecule has 0 aliphatic carbocycles. The number of benzene rings is 3. The van der Waals surface area contributed by atoms with Crippen LogP contribution in [0, 0.1) is 11.3 Å². The van der Waals surface area contributed by atoms with Gasteiger partial charge in [-0.05, 0) is 36.4 Å². The lowest BCUT2D eigenvalue weighted by Gasteiger charge is -2.11. The number of anilines is 1. The minimum atomic E-state index is -0.655. The van der Waals surface area contributed by atoms with E-state index in [1.54, 1.807) is 48.5 Å². The number of rotatable bonds is 5. The third-order valence-electron chi connectivity index (χ3n) is 4.70. The van der Waals surface area contributed by atoms with Crippen molar-refractivity contribution >= 4 is 40.1 Å². The van der Waals surface area contributed by atoms with Gasteiger partial charge in [-0.1, -0.05) is 54.1 Å². The van der Waals surface area contributed by atoms with Crippen molar-refractivity contribution in [3.8, 4) is 17.3 Å². The van der Waals surface area contributed by atoms with Crippen LogP contribution in [0.4, 0.5) is 5.69 Å². The van der Waals surface area contributed by atoms with Gasteiger partial charge in [-0.3, -0.25) is 4.79 Å². The zero-order valence-electron chi connectivity index (χ0n) is 16.7. The van der Waals surface area contributed by atoms with Gasteiger partial charge in [-0.2, -0.15) is 5.26 Å². The van der Waals surface area contributed by atoms with Crippen LogP contribution in [0.5, 0.6) is 0 Å². The molecular formula is C25H16ClN3O3. The SMILES string of the molecule is N#Cc1cccc(NC(=O)COC(=O)c2cc(-c3ccccc3Cl)nc3ccccc23)c1. The number of nitriles is 1. The van der Waals surface area contributed by atoms with Gasteiger partial charge in [0.05, 0.1) is 28.4 Å². The Morgan fingerprint density at radius 1 is 1.00 bits per heavy atom. The van der Waals surface area contributed by atoms with Crippen LogP contribution in [0.15, 0.2) is 78.9 Å². The van der Waals surface area contributed by atoms with Crippen molar-refractivity contribution in [2.45, 2.75) is 0 Å². The number of carbonyl (C=O) groups is 2. The molecule has 0 saturated heterocycles. The maximum absolute atomic E-state index is 12.9. The monoisotopic (exact) mass is 441 g/mol. The Labute approximate surface area is 189 Å². The molecule has 1 aromatic heterocycles. The van der Waals surface area contributed by atoms with E-state index < -0.39 is 18.5 Å². The fourth-order valence-corrected chi connectivity index (χ4v) is 3.46. The molecule has 156 valence electrons. The summed E-state index contributed by atoms with van der Waals surface area (Å²) in [5, 5.41) is 12.7. The second-order valence-corrected chi connectivity index (χ2v) is 7.28. The molecule has 0 unspecified atom stereocenters. The average molecular weight is 442 g/mol. The maximum Gasteiger partial charge on any atom is 0.339 e. The Hall–Kier alpha value is -4.21. The first kappa shape index (κ1) is 21.0. The van der Waals surface area contributed by atoms with Gasteiger partial charge in [0.2, 0.25) is 0 Å². The molecule has 6 nitrogen and oxygen atoms in total. The summed E-state index contributed by atoms with van der Waals surface area (Å²) in [5.74, 6) is -1.17. The van der Waals surface area contributed by atoms with Crippen LogP contribution >= 0.6 is 11.6 Å². The van der Waals surface area contributed by atoms with E-state index in [1.165, 1.54) is 6.07 Å². The number of nitrogens with one attached hydrogen (secondary N) is 1. The standard InChI is InChI=1S/C25H16ClN3O3/c26-21-10-3-1-9-19(21)23-13-20(18-8-2-4-11-22(18)29-23)25(31)32-15-24(30)28-17-7-5-6-16(12-17)14-27/h1-13H,15H2,(H,28,30). The summed E-state index contributed by atoms with van der Waals surface area (Å²) in [7, 11) is 0. The molecule has 4 rings (SSSR count). The predicted molar refractivity (Wildman–Crippen MR) is 122 cm³/mol. The minimum absolute atomic E-state index is 0.282. The van der Waals surface area contributed by atoms with Gasteiger partial charge in [-0.25, -0.2) is 9.78 Å². The van der Waals surface area contributed by atoms with Crippen molar-refractivity contribution in [1.29, 1.82) is 5.26 Å². The topological polar surface area (TPSA) is 92.1 Å². The number of hydrogen-bond acceptors (Lipinski definition) is 5. The first-order valence-electron chi connectivity index (χ1n) is 9.67. The summed E-state index contributed by atoms with van der Waals surface area (Å²) in [6.45, 7) is -0.478. The van der Waals surface area contributed by atoms with E-state index in [4.69, 9.17) is 21.6 Å². The molecule has 0 radical (unpaired) electrons. The van der Waals surface area contributed by atoms with Crippen molar-refractivity contribution < 1.29 is 14.3 Å². The Morgan fingerprint density at radius 3 is 2.59 bits per heavy atom. The van der Waals surface area contributed by atoms with Crippen LogP contribution in [0.2, 0.25) is 5.02 Å². The van der Waals surface area contributed by atoms with Gasteiger partial charge >= 0.3 is 5.97 Å². The van der Waals surface area contributed by atoms with Crippen molar-refractivity contribution in [2.75, 3.05) is 11.9 Å². The van der Waals surface area contributed by atoms with E-state index in [1.807, 2.05) is 30.3 Å². The van der Waals surface area contributed by atoms with Crippen LogP contribution in [0.25, 0.3) is 22.2 Å². The Morgan fingerprint density at radius 2 is 1.78 bits per heavy atom. The third kappa shape index (κ3) is 4.59. The largest absolute Gasteiger partial charge is 0.452 e. The van der Waals surface area contributed by atoms with Crippen LogP contribution in [-0.2, 0) is 9.53 Å². The number of carbonyl (C=O) groups excluding carboxylic acids is 2. The van der Waals surface area contributed by atoms with Gasteiger partial charge in [0.1, 0.15) is 0 Å². The van der Waals surface area contributed by atoms with Crippen LogP contribution in [0.1, 0.15) is 15.9 Å². The number of aromatic nitrogens is 1. The molecule has 7 heteroatoms. The smallest absolute Gasteiger partial charge is 0.339 e. The molecule has 32 heavy (non-hydrogen) atoms. The molecule has 4 aromatic rings. The van der Waals surface area contributed by atoms with Gasteiger partial charge in [-0.15, -0.1) is 0 Å². The maximum atomic E-state index is 12.9. The molecule has 0 saturated carbocycles. The van der Waals surface area contributed by atoms with Gasteiger partial charge in [0, 0.05) is 21.7 Å². The molecule has 0 fully saturated rings. The van der Waals surface area contributed by atoms with E-state index in [0.29, 0.717) is 38.4 Å². The van der Waals surface area contributed by atoms with Crippen molar-refractivity contribution in [2.24, 2.45) is 0 Å². The number of pyridine rings is 1. The predicted octanol–water partition coefficient (Wildman–Crippen LogP) is 5.22. The number of hydrogen-bond donors (Lipinski definition) is 1. The van der Waals surface area contributed by atoms with Gasteiger partial charge < -0.3 is 10.1 Å². The molecule has 1 N–H and O–H groups in total. The van der Waals surface area contributed by atoms with Gasteiger partial charge in [0.25, 0.3) is 5.91 Å². The highest BCUT2D eigenvalue weighted by Gasteiger charge is 2.17. The van der Waals surface area contributed by atoms with Crippen molar-refractivity contribution in [3.05, 3.63) is 95.0 Å². The highest BCUT2D eigenvalue weighted by molar-refractivity contribution is 6.33. The zero-order valence-corrected chi connectivity index (χ0v) is 17.5. The van der Waals surface area contributed by atoms with Gasteiger partial charge in [0.15, 0.2) is 6.61 Å². The molecule has 0 spiro atoms. The van der Waals surface area contributed by atoms with E-state index in [9.17, 15) is 9.59 Å². The molecule has 0 aliphatic heterocycles. The second kappa shape index (κ2) is 9.29. The van der Waals surface area contributed by atoms with E-state index in [0.717, 1.165) is 0 Å². The first-order chi connectivity index (χ1) is 15.5. The number of halogens is 1. The fourth-order valence-electron chi connectivity index (χ4n) is 3.22. The lowest BCUT2D eigenvalue weighted by atomic mass is 10.0. The van der Waals surface area contributed by atoms with E-state index >= 15 is 0 Å². The normalized spacial score (nSPS) is 10.4. The summed E-state index contributed by atoms with van der Waals surface area (Å²) in [5.41, 5.74) is 2.96. The molecule has 0 bridgehead atoms. The molecule has 1 amide bonds. The number of amides is 1. The summed E-state index contributed by atoms with van der Waals surface area (Å²) in [4.78, 5) is 29.7. The number of nitrogens with zero attached hydrogens (tertiary/aromatic N) is 2. The highest BCUT2D eigenvalue weighted by atomic mass is 35.5. The molecule has 1 heterocycles. The highest BCUT2D eigenvalue weighted by Crippen LogP contribution is 2.30. The Kier molecular flexibility index (Phi) is 6.11.